The molecule has 0 aliphatic carbocycles. The lowest BCUT2D eigenvalue weighted by Gasteiger charge is -2.26. The van der Waals surface area contributed by atoms with Crippen LogP contribution < -0.4 is 4.90 Å². The molecule has 0 spiro atoms. The summed E-state index contributed by atoms with van der Waals surface area (Å²) in [5.41, 5.74) is 3.54. The van der Waals surface area contributed by atoms with E-state index >= 15 is 0 Å². The minimum atomic E-state index is -0.848. The summed E-state index contributed by atoms with van der Waals surface area (Å²) in [6.45, 7) is 4.11. The smallest absolute Gasteiger partial charge is 0.257 e. The number of carbonyl (C=O) groups is 3. The van der Waals surface area contributed by atoms with Gasteiger partial charge in [-0.15, -0.1) is 11.3 Å². The number of nitrogens with zero attached hydrogens (tertiary/aromatic N) is 3. The van der Waals surface area contributed by atoms with Crippen molar-refractivity contribution in [1.82, 2.24) is 9.88 Å². The van der Waals surface area contributed by atoms with Gasteiger partial charge in [0.1, 0.15) is 16.8 Å². The number of hydrogen-bond acceptors (Lipinski definition) is 6. The second-order valence-corrected chi connectivity index (χ2v) is 9.71. The Kier molecular flexibility index (Phi) is 6.21. The van der Waals surface area contributed by atoms with Crippen molar-refractivity contribution in [3.63, 3.8) is 0 Å². The van der Waals surface area contributed by atoms with Crippen LogP contribution in [-0.4, -0.2) is 33.6 Å². The van der Waals surface area contributed by atoms with E-state index in [1.165, 1.54) is 21.6 Å². The molecule has 0 saturated carbocycles. The highest BCUT2D eigenvalue weighted by Gasteiger charge is 2.44. The van der Waals surface area contributed by atoms with Gasteiger partial charge < -0.3 is 9.32 Å². The Balaban J connectivity index is 1.39. The standard InChI is InChI=1S/C27H25N3O4S/c1-3-5-24(31)29(16-20-6-4-13-34-20)22-15-25(32)30(27(22)33)19-10-8-18(9-11-19)26-28-21-12-7-17(2)14-23(21)35-26/h4,6-14,22H,3,5,15-16H2,1-2H3. The maximum atomic E-state index is 13.4. The van der Waals surface area contributed by atoms with Crippen LogP contribution in [0.2, 0.25) is 0 Å². The van der Waals surface area contributed by atoms with Crippen molar-refractivity contribution < 1.29 is 18.8 Å². The number of carbonyl (C=O) groups excluding carboxylic acids is 3. The molecule has 2 aromatic carbocycles. The molecule has 1 atom stereocenters. The van der Waals surface area contributed by atoms with Crippen molar-refractivity contribution in [2.24, 2.45) is 0 Å². The number of aromatic nitrogens is 1. The quantitative estimate of drug-likeness (QED) is 0.329. The van der Waals surface area contributed by atoms with Gasteiger partial charge in [-0.3, -0.25) is 14.4 Å². The van der Waals surface area contributed by atoms with E-state index in [4.69, 9.17) is 9.40 Å². The third-order valence-corrected chi connectivity index (χ3v) is 7.17. The van der Waals surface area contributed by atoms with Crippen LogP contribution in [-0.2, 0) is 20.9 Å². The number of furan rings is 1. The average molecular weight is 488 g/mol. The van der Waals surface area contributed by atoms with Gasteiger partial charge in [-0.05, 0) is 67.4 Å². The molecule has 3 heterocycles. The first kappa shape index (κ1) is 23.0. The van der Waals surface area contributed by atoms with Gasteiger partial charge >= 0.3 is 0 Å². The maximum absolute atomic E-state index is 13.4. The zero-order valence-corrected chi connectivity index (χ0v) is 20.4. The molecule has 4 aromatic rings. The predicted molar refractivity (Wildman–Crippen MR) is 135 cm³/mol. The Morgan fingerprint density at radius 1 is 1.17 bits per heavy atom. The van der Waals surface area contributed by atoms with Gasteiger partial charge in [0.2, 0.25) is 11.8 Å². The Bertz CT molecular complexity index is 1390. The number of benzene rings is 2. The van der Waals surface area contributed by atoms with Crippen LogP contribution in [0.25, 0.3) is 20.8 Å². The van der Waals surface area contributed by atoms with Crippen LogP contribution >= 0.6 is 11.3 Å². The highest BCUT2D eigenvalue weighted by molar-refractivity contribution is 7.21. The summed E-state index contributed by atoms with van der Waals surface area (Å²) in [6, 6.07) is 16.1. The molecule has 0 N–H and O–H groups in total. The van der Waals surface area contributed by atoms with Gasteiger partial charge in [-0.1, -0.05) is 13.0 Å². The second-order valence-electron chi connectivity index (χ2n) is 8.68. The Labute approximate surface area is 207 Å². The number of fused-ring (bicyclic) bond motifs is 1. The molecule has 1 unspecified atom stereocenters. The molecule has 2 aromatic heterocycles. The number of rotatable bonds is 7. The van der Waals surface area contributed by atoms with Crippen molar-refractivity contribution in [3.8, 4) is 10.6 Å². The number of imide groups is 1. The molecule has 1 aliphatic heterocycles. The van der Waals surface area contributed by atoms with Crippen LogP contribution in [0.5, 0.6) is 0 Å². The molecule has 7 nitrogen and oxygen atoms in total. The van der Waals surface area contributed by atoms with Gasteiger partial charge in [0.05, 0.1) is 35.1 Å². The van der Waals surface area contributed by atoms with E-state index in [1.807, 2.05) is 31.2 Å². The van der Waals surface area contributed by atoms with Gasteiger partial charge in [0, 0.05) is 12.0 Å². The van der Waals surface area contributed by atoms with Crippen molar-refractivity contribution in [2.45, 2.75) is 45.7 Å². The minimum absolute atomic E-state index is 0.0477. The van der Waals surface area contributed by atoms with Crippen molar-refractivity contribution in [2.75, 3.05) is 4.90 Å². The zero-order valence-electron chi connectivity index (χ0n) is 19.6. The molecule has 5 rings (SSSR count). The highest BCUT2D eigenvalue weighted by Crippen LogP contribution is 2.33. The van der Waals surface area contributed by atoms with Crippen molar-refractivity contribution >= 4 is 45.0 Å². The highest BCUT2D eigenvalue weighted by atomic mass is 32.1. The first-order valence-corrected chi connectivity index (χ1v) is 12.4. The molecule has 1 fully saturated rings. The molecule has 35 heavy (non-hydrogen) atoms. The number of hydrogen-bond donors (Lipinski definition) is 0. The molecular weight excluding hydrogens is 462 g/mol. The van der Waals surface area contributed by atoms with Gasteiger partial charge in [-0.25, -0.2) is 9.88 Å². The molecule has 1 aliphatic rings. The van der Waals surface area contributed by atoms with Crippen LogP contribution in [0.3, 0.4) is 0 Å². The summed E-state index contributed by atoms with van der Waals surface area (Å²) < 4.78 is 6.52. The fourth-order valence-electron chi connectivity index (χ4n) is 4.34. The van der Waals surface area contributed by atoms with Crippen LogP contribution in [0.15, 0.2) is 65.3 Å². The molecular formula is C27H25N3O4S. The molecule has 0 radical (unpaired) electrons. The van der Waals surface area contributed by atoms with Gasteiger partial charge in [-0.2, -0.15) is 0 Å². The SMILES string of the molecule is CCCC(=O)N(Cc1ccco1)C1CC(=O)N(c2ccc(-c3nc4ccc(C)cc4s3)cc2)C1=O. The lowest BCUT2D eigenvalue weighted by atomic mass is 10.1. The van der Waals surface area contributed by atoms with Gasteiger partial charge in [0.15, 0.2) is 0 Å². The van der Waals surface area contributed by atoms with E-state index in [0.717, 1.165) is 20.8 Å². The fraction of sp³-hybridized carbons (Fsp3) is 0.259. The molecule has 0 bridgehead atoms. The van der Waals surface area contributed by atoms with E-state index in [9.17, 15) is 14.4 Å². The Morgan fingerprint density at radius 3 is 2.69 bits per heavy atom. The largest absolute Gasteiger partial charge is 0.467 e. The predicted octanol–water partition coefficient (Wildman–Crippen LogP) is 5.33. The maximum Gasteiger partial charge on any atom is 0.257 e. The Morgan fingerprint density at radius 2 is 1.97 bits per heavy atom. The van der Waals surface area contributed by atoms with Crippen molar-refractivity contribution in [1.29, 1.82) is 0 Å². The summed E-state index contributed by atoms with van der Waals surface area (Å²) >= 11 is 1.61. The second kappa shape index (κ2) is 9.46. The van der Waals surface area contributed by atoms with Gasteiger partial charge in [0.25, 0.3) is 5.91 Å². The van der Waals surface area contributed by atoms with E-state index in [1.54, 1.807) is 35.6 Å². The summed E-state index contributed by atoms with van der Waals surface area (Å²) in [5.74, 6) is -0.312. The Hall–Kier alpha value is -3.78. The third-order valence-electron chi connectivity index (χ3n) is 6.11. The van der Waals surface area contributed by atoms with Crippen molar-refractivity contribution in [3.05, 3.63) is 72.2 Å². The normalized spacial score (nSPS) is 15.8. The number of aryl methyl sites for hydroxylation is 1. The number of thiazole rings is 1. The lowest BCUT2D eigenvalue weighted by Crippen LogP contribution is -2.45. The summed E-state index contributed by atoms with van der Waals surface area (Å²) in [5, 5.41) is 0.879. The third kappa shape index (κ3) is 4.49. The first-order valence-electron chi connectivity index (χ1n) is 11.6. The fourth-order valence-corrected chi connectivity index (χ4v) is 5.41. The zero-order chi connectivity index (χ0) is 24.5. The minimum Gasteiger partial charge on any atom is -0.467 e. The molecule has 178 valence electrons. The molecule has 1 saturated heterocycles. The monoisotopic (exact) mass is 487 g/mol. The number of amides is 3. The van der Waals surface area contributed by atoms with E-state index in [0.29, 0.717) is 24.3 Å². The average Bonchev–Trinajstić information content (AvgIpc) is 3.57. The molecule has 8 heteroatoms. The molecule has 3 amide bonds. The van der Waals surface area contributed by atoms with E-state index in [-0.39, 0.29) is 24.8 Å². The summed E-state index contributed by atoms with van der Waals surface area (Å²) in [4.78, 5) is 46.5. The van der Waals surface area contributed by atoms with E-state index in [2.05, 4.69) is 13.0 Å². The lowest BCUT2D eigenvalue weighted by molar-refractivity contribution is -0.139. The first-order chi connectivity index (χ1) is 16.9. The van der Waals surface area contributed by atoms with E-state index < -0.39 is 11.9 Å². The number of anilines is 1. The van der Waals surface area contributed by atoms with Crippen LogP contribution in [0.1, 0.15) is 37.5 Å². The van der Waals surface area contributed by atoms with Crippen LogP contribution in [0.4, 0.5) is 5.69 Å². The topological polar surface area (TPSA) is 83.7 Å². The summed E-state index contributed by atoms with van der Waals surface area (Å²) in [6.07, 6.45) is 2.43. The summed E-state index contributed by atoms with van der Waals surface area (Å²) in [7, 11) is 0. The van der Waals surface area contributed by atoms with Crippen LogP contribution in [0, 0.1) is 6.92 Å².